The Bertz CT molecular complexity index is 924. The van der Waals surface area contributed by atoms with Crippen molar-refractivity contribution in [2.24, 2.45) is 0 Å². The summed E-state index contributed by atoms with van der Waals surface area (Å²) < 4.78 is 12.4. The quantitative estimate of drug-likeness (QED) is 0.537. The van der Waals surface area contributed by atoms with E-state index in [1.807, 2.05) is 32.0 Å². The van der Waals surface area contributed by atoms with Crippen molar-refractivity contribution in [2.75, 3.05) is 6.61 Å². The van der Waals surface area contributed by atoms with E-state index >= 15 is 0 Å². The molecule has 27 heavy (non-hydrogen) atoms. The number of halogens is 1. The number of hydrogen-bond acceptors (Lipinski definition) is 4. The van der Waals surface area contributed by atoms with Crippen LogP contribution in [0.25, 0.3) is 6.08 Å². The fourth-order valence-electron chi connectivity index (χ4n) is 2.64. The van der Waals surface area contributed by atoms with Gasteiger partial charge in [-0.3, -0.25) is 10.1 Å². The van der Waals surface area contributed by atoms with Crippen LogP contribution in [0, 0.1) is 6.92 Å². The minimum Gasteiger partial charge on any atom is -0.490 e. The van der Waals surface area contributed by atoms with Gasteiger partial charge in [0.1, 0.15) is 12.3 Å². The lowest BCUT2D eigenvalue weighted by atomic mass is 10.1. The molecule has 2 aromatic carbocycles. The Hall–Kier alpha value is -2.80. The van der Waals surface area contributed by atoms with Gasteiger partial charge in [-0.2, -0.15) is 0 Å². The molecule has 3 amide bonds. The fraction of sp³-hybridized carbons (Fsp3) is 0.200. The van der Waals surface area contributed by atoms with Gasteiger partial charge in [-0.1, -0.05) is 45.8 Å². The van der Waals surface area contributed by atoms with E-state index in [0.717, 1.165) is 5.56 Å². The fourth-order valence-corrected chi connectivity index (χ4v) is 3.08. The predicted octanol–water partition coefficient (Wildman–Crippen LogP) is 3.92. The molecule has 7 heteroatoms. The molecule has 1 aliphatic rings. The van der Waals surface area contributed by atoms with Crippen LogP contribution in [0.5, 0.6) is 11.5 Å². The lowest BCUT2D eigenvalue weighted by molar-refractivity contribution is -0.115. The molecule has 1 saturated heterocycles. The van der Waals surface area contributed by atoms with E-state index in [9.17, 15) is 9.59 Å². The molecule has 140 valence electrons. The molecule has 0 atom stereocenters. The SMILES string of the molecule is CCOc1cc(/C=C2/NC(=O)NC2=O)c(Br)cc1OCc1cccc(C)c1. The standard InChI is InChI=1S/C20H19BrN2O4/c1-3-26-17-9-14(8-16-19(24)23-20(25)22-16)15(21)10-18(17)27-11-13-6-4-5-12(2)7-13/h4-10H,3,11H2,1-2H3,(H2,22,23,24,25)/b16-8+. The number of ether oxygens (including phenoxy) is 2. The van der Waals surface area contributed by atoms with E-state index in [4.69, 9.17) is 9.47 Å². The van der Waals surface area contributed by atoms with Crippen LogP contribution in [-0.4, -0.2) is 18.5 Å². The topological polar surface area (TPSA) is 76.7 Å². The van der Waals surface area contributed by atoms with Gasteiger partial charge in [0.2, 0.25) is 0 Å². The average molecular weight is 431 g/mol. The molecule has 1 aliphatic heterocycles. The second-order valence-corrected chi connectivity index (χ2v) is 6.85. The Balaban J connectivity index is 1.86. The van der Waals surface area contributed by atoms with Gasteiger partial charge in [-0.15, -0.1) is 0 Å². The smallest absolute Gasteiger partial charge is 0.326 e. The van der Waals surface area contributed by atoms with Gasteiger partial charge < -0.3 is 14.8 Å². The van der Waals surface area contributed by atoms with Crippen LogP contribution in [0.4, 0.5) is 4.79 Å². The Morgan fingerprint density at radius 1 is 1.07 bits per heavy atom. The Labute approximate surface area is 165 Å². The minimum atomic E-state index is -0.537. The molecule has 0 aromatic heterocycles. The second kappa shape index (κ2) is 8.26. The molecule has 0 aliphatic carbocycles. The molecule has 0 radical (unpaired) electrons. The van der Waals surface area contributed by atoms with Crippen molar-refractivity contribution in [3.05, 3.63) is 63.3 Å². The summed E-state index contributed by atoms with van der Waals surface area (Å²) in [5.41, 5.74) is 3.09. The molecular formula is C20H19BrN2O4. The van der Waals surface area contributed by atoms with Crippen molar-refractivity contribution in [3.63, 3.8) is 0 Å². The third-order valence-electron chi connectivity index (χ3n) is 3.86. The number of aryl methyl sites for hydroxylation is 1. The van der Waals surface area contributed by atoms with Gasteiger partial charge in [0.05, 0.1) is 6.61 Å². The lowest BCUT2D eigenvalue weighted by Gasteiger charge is -2.14. The van der Waals surface area contributed by atoms with E-state index in [1.54, 1.807) is 18.2 Å². The highest BCUT2D eigenvalue weighted by Gasteiger charge is 2.23. The molecule has 1 heterocycles. The molecular weight excluding hydrogens is 412 g/mol. The first kappa shape index (κ1) is 19.0. The van der Waals surface area contributed by atoms with Gasteiger partial charge >= 0.3 is 6.03 Å². The van der Waals surface area contributed by atoms with Gasteiger partial charge in [-0.25, -0.2) is 4.79 Å². The number of carbonyl (C=O) groups is 2. The van der Waals surface area contributed by atoms with Crippen molar-refractivity contribution in [3.8, 4) is 11.5 Å². The summed E-state index contributed by atoms with van der Waals surface area (Å²) >= 11 is 3.49. The van der Waals surface area contributed by atoms with Crippen LogP contribution < -0.4 is 20.1 Å². The molecule has 3 rings (SSSR count). The zero-order valence-electron chi connectivity index (χ0n) is 15.0. The van der Waals surface area contributed by atoms with E-state index in [0.29, 0.717) is 34.7 Å². The maximum Gasteiger partial charge on any atom is 0.326 e. The largest absolute Gasteiger partial charge is 0.490 e. The Kier molecular flexibility index (Phi) is 5.81. The lowest BCUT2D eigenvalue weighted by Crippen LogP contribution is -2.22. The summed E-state index contributed by atoms with van der Waals surface area (Å²) in [7, 11) is 0. The third kappa shape index (κ3) is 4.68. The number of rotatable bonds is 6. The van der Waals surface area contributed by atoms with Crippen molar-refractivity contribution in [1.82, 2.24) is 10.6 Å². The molecule has 0 saturated carbocycles. The normalized spacial score (nSPS) is 14.9. The van der Waals surface area contributed by atoms with Crippen molar-refractivity contribution in [2.45, 2.75) is 20.5 Å². The zero-order valence-corrected chi connectivity index (χ0v) is 16.6. The highest BCUT2D eigenvalue weighted by atomic mass is 79.9. The van der Waals surface area contributed by atoms with Crippen molar-refractivity contribution >= 4 is 33.9 Å². The van der Waals surface area contributed by atoms with E-state index in [2.05, 4.69) is 32.6 Å². The Morgan fingerprint density at radius 3 is 2.52 bits per heavy atom. The van der Waals surface area contributed by atoms with Crippen LogP contribution in [0.15, 0.2) is 46.6 Å². The van der Waals surface area contributed by atoms with Gasteiger partial charge in [0.25, 0.3) is 5.91 Å². The molecule has 2 N–H and O–H groups in total. The highest BCUT2D eigenvalue weighted by Crippen LogP contribution is 2.35. The summed E-state index contributed by atoms with van der Waals surface area (Å²) in [4.78, 5) is 23.0. The first-order valence-corrected chi connectivity index (χ1v) is 9.24. The number of nitrogens with one attached hydrogen (secondary N) is 2. The predicted molar refractivity (Wildman–Crippen MR) is 105 cm³/mol. The number of benzene rings is 2. The maximum absolute atomic E-state index is 11.7. The van der Waals surface area contributed by atoms with Crippen LogP contribution in [0.2, 0.25) is 0 Å². The Morgan fingerprint density at radius 2 is 1.85 bits per heavy atom. The maximum atomic E-state index is 11.7. The number of hydrogen-bond donors (Lipinski definition) is 2. The molecule has 2 aromatic rings. The van der Waals surface area contributed by atoms with Crippen LogP contribution >= 0.6 is 15.9 Å². The second-order valence-electron chi connectivity index (χ2n) is 6.00. The van der Waals surface area contributed by atoms with Crippen LogP contribution in [-0.2, 0) is 11.4 Å². The van der Waals surface area contributed by atoms with Crippen LogP contribution in [0.1, 0.15) is 23.6 Å². The first-order valence-electron chi connectivity index (χ1n) is 8.45. The first-order chi connectivity index (χ1) is 13.0. The minimum absolute atomic E-state index is 0.177. The van der Waals surface area contributed by atoms with E-state index < -0.39 is 11.9 Å². The number of amides is 3. The monoisotopic (exact) mass is 430 g/mol. The summed E-state index contributed by atoms with van der Waals surface area (Å²) in [5.74, 6) is 0.682. The molecule has 0 unspecified atom stereocenters. The number of carbonyl (C=O) groups excluding carboxylic acids is 2. The van der Waals surface area contributed by atoms with Crippen molar-refractivity contribution in [1.29, 1.82) is 0 Å². The van der Waals surface area contributed by atoms with Gasteiger partial charge in [0.15, 0.2) is 11.5 Å². The summed E-state index contributed by atoms with van der Waals surface area (Å²) in [6, 6.07) is 11.1. The summed E-state index contributed by atoms with van der Waals surface area (Å²) in [5, 5.41) is 4.64. The average Bonchev–Trinajstić information content (AvgIpc) is 2.94. The molecule has 0 bridgehead atoms. The van der Waals surface area contributed by atoms with E-state index in [-0.39, 0.29) is 5.70 Å². The molecule has 1 fully saturated rings. The third-order valence-corrected chi connectivity index (χ3v) is 4.55. The van der Waals surface area contributed by atoms with Gasteiger partial charge in [0, 0.05) is 4.47 Å². The number of urea groups is 1. The summed E-state index contributed by atoms with van der Waals surface area (Å²) in [6.07, 6.45) is 1.58. The van der Waals surface area contributed by atoms with Gasteiger partial charge in [-0.05, 0) is 43.2 Å². The summed E-state index contributed by atoms with van der Waals surface area (Å²) in [6.45, 7) is 4.80. The number of imide groups is 1. The van der Waals surface area contributed by atoms with Crippen molar-refractivity contribution < 1.29 is 19.1 Å². The van der Waals surface area contributed by atoms with E-state index in [1.165, 1.54) is 5.56 Å². The van der Waals surface area contributed by atoms with Crippen LogP contribution in [0.3, 0.4) is 0 Å². The molecule has 0 spiro atoms. The zero-order chi connectivity index (χ0) is 19.4. The molecule has 6 nitrogen and oxygen atoms in total. The highest BCUT2D eigenvalue weighted by molar-refractivity contribution is 9.10.